The summed E-state index contributed by atoms with van der Waals surface area (Å²) in [5, 5.41) is 11.9. The number of aryl methyl sites for hydroxylation is 1. The Hall–Kier alpha value is -2.57. The molecule has 30 heavy (non-hydrogen) atoms. The molecule has 1 rings (SSSR count). The van der Waals surface area contributed by atoms with E-state index < -0.39 is 17.7 Å². The fourth-order valence-electron chi connectivity index (χ4n) is 3.06. The Balaban J connectivity index is 2.36. The number of rotatable bonds is 12. The maximum atomic E-state index is 12.6. The Kier molecular flexibility index (Phi) is 10.9. The van der Waals surface area contributed by atoms with Crippen molar-refractivity contribution < 1.29 is 24.2 Å². The molecule has 0 aliphatic rings. The van der Waals surface area contributed by atoms with Crippen molar-refractivity contribution in [2.75, 3.05) is 19.6 Å². The van der Waals surface area contributed by atoms with Gasteiger partial charge in [0, 0.05) is 19.5 Å². The third-order valence-corrected chi connectivity index (χ3v) is 4.47. The average molecular weight is 421 g/mol. The van der Waals surface area contributed by atoms with Crippen LogP contribution in [0.4, 0.5) is 4.79 Å². The third kappa shape index (κ3) is 12.1. The Labute approximate surface area is 179 Å². The first-order chi connectivity index (χ1) is 14.1. The number of nitrogens with one attached hydrogen (secondary N) is 1. The second kappa shape index (κ2) is 12.9. The van der Waals surface area contributed by atoms with Crippen LogP contribution in [0.3, 0.4) is 0 Å². The van der Waals surface area contributed by atoms with Gasteiger partial charge in [0.05, 0.1) is 0 Å². The highest BCUT2D eigenvalue weighted by atomic mass is 16.6. The zero-order valence-corrected chi connectivity index (χ0v) is 18.6. The fraction of sp³-hybridized carbons (Fsp3) is 0.609. The third-order valence-electron chi connectivity index (χ3n) is 4.47. The molecular formula is C23H36N2O5. The van der Waals surface area contributed by atoms with E-state index in [0.29, 0.717) is 25.9 Å². The second-order valence-corrected chi connectivity index (χ2v) is 8.68. The van der Waals surface area contributed by atoms with Gasteiger partial charge in [-0.3, -0.25) is 9.59 Å². The first-order valence-corrected chi connectivity index (χ1v) is 10.6. The molecule has 0 aliphatic heterocycles. The topological polar surface area (TPSA) is 95.9 Å². The lowest BCUT2D eigenvalue weighted by molar-refractivity contribution is -0.144. The first-order valence-electron chi connectivity index (χ1n) is 10.6. The minimum absolute atomic E-state index is 0.139. The summed E-state index contributed by atoms with van der Waals surface area (Å²) in [6.45, 7) is 8.13. The van der Waals surface area contributed by atoms with Gasteiger partial charge in [0.25, 0.3) is 0 Å². The van der Waals surface area contributed by atoms with Crippen LogP contribution in [0.25, 0.3) is 0 Å². The van der Waals surface area contributed by atoms with Gasteiger partial charge in [-0.1, -0.05) is 43.7 Å². The highest BCUT2D eigenvalue weighted by Gasteiger charge is 2.19. The van der Waals surface area contributed by atoms with Crippen LogP contribution in [0.2, 0.25) is 0 Å². The molecule has 0 saturated heterocycles. The second-order valence-electron chi connectivity index (χ2n) is 8.68. The van der Waals surface area contributed by atoms with Crippen LogP contribution in [0.1, 0.15) is 58.9 Å². The lowest BCUT2D eigenvalue weighted by Gasteiger charge is -2.24. The number of carbonyl (C=O) groups excluding carboxylic acids is 2. The summed E-state index contributed by atoms with van der Waals surface area (Å²) < 4.78 is 5.19. The number of aliphatic carboxylic acids is 1. The van der Waals surface area contributed by atoms with Crippen LogP contribution in [0, 0.1) is 5.92 Å². The van der Waals surface area contributed by atoms with Crippen molar-refractivity contribution in [2.24, 2.45) is 5.92 Å². The summed E-state index contributed by atoms with van der Waals surface area (Å²) >= 11 is 0. The van der Waals surface area contributed by atoms with Gasteiger partial charge in [0.1, 0.15) is 12.1 Å². The van der Waals surface area contributed by atoms with Crippen molar-refractivity contribution in [3.63, 3.8) is 0 Å². The maximum absolute atomic E-state index is 12.6. The van der Waals surface area contributed by atoms with Crippen molar-refractivity contribution >= 4 is 18.0 Å². The van der Waals surface area contributed by atoms with Crippen molar-refractivity contribution in [3.8, 4) is 0 Å². The lowest BCUT2D eigenvalue weighted by Crippen LogP contribution is -2.38. The standard InChI is InChI=1S/C23H36N2O5/c1-18(10-8-9-15-24-22(29)30-23(2,3)4)16-25(17-21(27)28)20(26)14-13-19-11-6-5-7-12-19/h5-7,11-12,18H,8-10,13-17H2,1-4H3,(H,24,29)(H,27,28)/t18-/m0/s1. The van der Waals surface area contributed by atoms with Crippen molar-refractivity contribution in [2.45, 2.75) is 65.4 Å². The Morgan fingerprint density at radius 2 is 1.80 bits per heavy atom. The largest absolute Gasteiger partial charge is 0.480 e. The molecule has 0 spiro atoms. The van der Waals surface area contributed by atoms with Gasteiger partial charge in [0.2, 0.25) is 5.91 Å². The van der Waals surface area contributed by atoms with E-state index in [9.17, 15) is 14.4 Å². The quantitative estimate of drug-likeness (QED) is 0.501. The van der Waals surface area contributed by atoms with E-state index in [-0.39, 0.29) is 18.4 Å². The van der Waals surface area contributed by atoms with Crippen LogP contribution in [0.15, 0.2) is 30.3 Å². The minimum Gasteiger partial charge on any atom is -0.480 e. The zero-order valence-electron chi connectivity index (χ0n) is 18.6. The summed E-state index contributed by atoms with van der Waals surface area (Å²) in [6.07, 6.45) is 2.98. The number of ether oxygens (including phenoxy) is 1. The number of hydrogen-bond donors (Lipinski definition) is 2. The highest BCUT2D eigenvalue weighted by Crippen LogP contribution is 2.12. The number of carboxylic acid groups (broad SMARTS) is 1. The monoisotopic (exact) mass is 420 g/mol. The van der Waals surface area contributed by atoms with E-state index in [1.165, 1.54) is 4.90 Å². The first kappa shape index (κ1) is 25.5. The van der Waals surface area contributed by atoms with Gasteiger partial charge in [-0.25, -0.2) is 4.79 Å². The highest BCUT2D eigenvalue weighted by molar-refractivity contribution is 5.81. The molecular weight excluding hydrogens is 384 g/mol. The molecule has 2 amide bonds. The number of benzene rings is 1. The van der Waals surface area contributed by atoms with Gasteiger partial charge in [-0.2, -0.15) is 0 Å². The van der Waals surface area contributed by atoms with Gasteiger partial charge in [0.15, 0.2) is 0 Å². The summed E-state index contributed by atoms with van der Waals surface area (Å²) in [7, 11) is 0. The molecule has 1 aromatic rings. The maximum Gasteiger partial charge on any atom is 0.407 e. The van der Waals surface area contributed by atoms with E-state index in [1.807, 2.05) is 58.0 Å². The average Bonchev–Trinajstić information content (AvgIpc) is 2.64. The van der Waals surface area contributed by atoms with Crippen LogP contribution >= 0.6 is 0 Å². The molecule has 0 bridgehead atoms. The van der Waals surface area contributed by atoms with E-state index in [2.05, 4.69) is 5.32 Å². The van der Waals surface area contributed by atoms with Crippen molar-refractivity contribution in [3.05, 3.63) is 35.9 Å². The molecule has 0 unspecified atom stereocenters. The number of amides is 2. The summed E-state index contributed by atoms with van der Waals surface area (Å²) in [5.41, 5.74) is 0.547. The van der Waals surface area contributed by atoms with E-state index in [1.54, 1.807) is 0 Å². The summed E-state index contributed by atoms with van der Waals surface area (Å²) in [6, 6.07) is 9.70. The van der Waals surface area contributed by atoms with Crippen LogP contribution in [0.5, 0.6) is 0 Å². The molecule has 0 aromatic heterocycles. The number of hydrogen-bond acceptors (Lipinski definition) is 4. The van der Waals surface area contributed by atoms with Gasteiger partial charge in [-0.05, 0) is 51.5 Å². The zero-order chi connectivity index (χ0) is 22.6. The number of unbranched alkanes of at least 4 members (excludes halogenated alkanes) is 1. The normalized spacial score (nSPS) is 12.1. The molecule has 0 saturated carbocycles. The Morgan fingerprint density at radius 3 is 2.40 bits per heavy atom. The SMILES string of the molecule is C[C@@H](CCCCNC(=O)OC(C)(C)C)CN(CC(=O)O)C(=O)CCc1ccccc1. The molecule has 0 aliphatic carbocycles. The number of carboxylic acids is 1. The fourth-order valence-corrected chi connectivity index (χ4v) is 3.06. The lowest BCUT2D eigenvalue weighted by atomic mass is 10.0. The molecule has 7 heteroatoms. The predicted octanol–water partition coefficient (Wildman–Crippen LogP) is 3.86. The van der Waals surface area contributed by atoms with Gasteiger partial charge >= 0.3 is 12.1 Å². The van der Waals surface area contributed by atoms with Gasteiger partial charge < -0.3 is 20.1 Å². The molecule has 1 atom stereocenters. The molecule has 168 valence electrons. The van der Waals surface area contributed by atoms with Crippen LogP contribution in [-0.4, -0.2) is 53.2 Å². The number of nitrogens with zero attached hydrogens (tertiary/aromatic N) is 1. The van der Waals surface area contributed by atoms with Crippen molar-refractivity contribution in [1.29, 1.82) is 0 Å². The Morgan fingerprint density at radius 1 is 1.13 bits per heavy atom. The molecule has 0 radical (unpaired) electrons. The van der Waals surface area contributed by atoms with Crippen molar-refractivity contribution in [1.82, 2.24) is 10.2 Å². The molecule has 7 nitrogen and oxygen atoms in total. The van der Waals surface area contributed by atoms with E-state index in [0.717, 1.165) is 24.8 Å². The molecule has 0 fully saturated rings. The van der Waals surface area contributed by atoms with E-state index in [4.69, 9.17) is 9.84 Å². The van der Waals surface area contributed by atoms with Gasteiger partial charge in [-0.15, -0.1) is 0 Å². The minimum atomic E-state index is -1.00. The number of alkyl carbamates (subject to hydrolysis) is 1. The predicted molar refractivity (Wildman–Crippen MR) is 116 cm³/mol. The molecule has 2 N–H and O–H groups in total. The van der Waals surface area contributed by atoms with Crippen LogP contribution < -0.4 is 5.32 Å². The summed E-state index contributed by atoms with van der Waals surface area (Å²) in [5.74, 6) is -0.969. The molecule has 0 heterocycles. The number of carbonyl (C=O) groups is 3. The smallest absolute Gasteiger partial charge is 0.407 e. The Bertz CT molecular complexity index is 670. The van der Waals surface area contributed by atoms with Crippen LogP contribution in [-0.2, 0) is 20.7 Å². The summed E-state index contributed by atoms with van der Waals surface area (Å²) in [4.78, 5) is 36.8. The molecule has 1 aromatic carbocycles. The van der Waals surface area contributed by atoms with E-state index >= 15 is 0 Å².